The van der Waals surface area contributed by atoms with Gasteiger partial charge in [0.2, 0.25) is 11.9 Å². The first-order valence-corrected chi connectivity index (χ1v) is 18.4. The minimum Gasteiger partial charge on any atom is -0.497 e. The van der Waals surface area contributed by atoms with Crippen LogP contribution in [-0.4, -0.2) is 102 Å². The van der Waals surface area contributed by atoms with Crippen LogP contribution >= 0.6 is 0 Å². The van der Waals surface area contributed by atoms with Crippen LogP contribution in [0.2, 0.25) is 0 Å². The highest BCUT2D eigenvalue weighted by molar-refractivity contribution is 5.91. The van der Waals surface area contributed by atoms with Crippen molar-refractivity contribution in [2.45, 2.75) is 50.2 Å². The van der Waals surface area contributed by atoms with Crippen LogP contribution in [0.1, 0.15) is 36.8 Å². The van der Waals surface area contributed by atoms with Crippen LogP contribution in [0.15, 0.2) is 90.0 Å². The van der Waals surface area contributed by atoms with Gasteiger partial charge < -0.3 is 38.8 Å². The molecule has 3 aromatic carbocycles. The average molecular weight is 825 g/mol. The Morgan fingerprint density at radius 1 is 0.949 bits per heavy atom. The first kappa shape index (κ1) is 42.7. The van der Waals surface area contributed by atoms with Crippen LogP contribution in [0.5, 0.6) is 11.5 Å². The summed E-state index contributed by atoms with van der Waals surface area (Å²) in [6.45, 7) is 1.67. The molecule has 59 heavy (non-hydrogen) atoms. The van der Waals surface area contributed by atoms with E-state index in [2.05, 4.69) is 20.3 Å². The highest BCUT2D eigenvalue weighted by Crippen LogP contribution is 2.43. The summed E-state index contributed by atoms with van der Waals surface area (Å²) < 4.78 is 74.9. The fourth-order valence-electron chi connectivity index (χ4n) is 6.50. The summed E-state index contributed by atoms with van der Waals surface area (Å²) in [4.78, 5) is 47.9. The van der Waals surface area contributed by atoms with Crippen molar-refractivity contribution >= 4 is 28.9 Å². The van der Waals surface area contributed by atoms with Gasteiger partial charge in [0.15, 0.2) is 17.4 Å². The number of imidazole rings is 1. The van der Waals surface area contributed by atoms with E-state index in [0.717, 1.165) is 5.56 Å². The van der Waals surface area contributed by atoms with E-state index in [0.29, 0.717) is 22.6 Å². The number of alkyl halides is 3. The number of H-pyrrole nitrogens is 1. The van der Waals surface area contributed by atoms with Gasteiger partial charge in [-0.25, -0.2) is 4.98 Å². The predicted octanol–water partition coefficient (Wildman–Crippen LogP) is 4.04. The van der Waals surface area contributed by atoms with Crippen LogP contribution in [0, 0.1) is 5.92 Å². The number of ether oxygens (including phenoxy) is 6. The van der Waals surface area contributed by atoms with E-state index in [9.17, 15) is 32.7 Å². The largest absolute Gasteiger partial charge is 0.497 e. The summed E-state index contributed by atoms with van der Waals surface area (Å²) in [5.41, 5.74) is 0.0446. The summed E-state index contributed by atoms with van der Waals surface area (Å²) in [5.74, 6) is -1.91. The molecule has 1 aliphatic heterocycles. The lowest BCUT2D eigenvalue weighted by atomic mass is 9.80. The van der Waals surface area contributed by atoms with Gasteiger partial charge in [-0.2, -0.15) is 18.2 Å². The van der Waals surface area contributed by atoms with E-state index in [1.165, 1.54) is 10.9 Å². The van der Waals surface area contributed by atoms with Crippen molar-refractivity contribution in [3.8, 4) is 11.5 Å². The number of aliphatic hydroxyl groups is 1. The summed E-state index contributed by atoms with van der Waals surface area (Å²) in [7, 11) is 3.11. The van der Waals surface area contributed by atoms with Gasteiger partial charge in [0, 0.05) is 12.5 Å². The van der Waals surface area contributed by atoms with Crippen molar-refractivity contribution in [2.24, 2.45) is 5.92 Å². The molecule has 0 spiro atoms. The van der Waals surface area contributed by atoms with Gasteiger partial charge in [0.05, 0.1) is 33.8 Å². The Bertz CT molecular complexity index is 2200. The normalized spacial score (nSPS) is 18.3. The topological polar surface area (TPSA) is 197 Å². The smallest absolute Gasteiger partial charge is 0.471 e. The molecule has 4 N–H and O–H groups in total. The zero-order chi connectivity index (χ0) is 42.3. The molecule has 2 amide bonds. The Morgan fingerprint density at radius 3 is 2.14 bits per heavy atom. The van der Waals surface area contributed by atoms with Crippen LogP contribution < -0.4 is 25.7 Å². The molecule has 5 aromatic rings. The lowest BCUT2D eigenvalue weighted by molar-refractivity contribution is -0.174. The van der Waals surface area contributed by atoms with Gasteiger partial charge in [-0.05, 0) is 41.0 Å². The Hall–Kier alpha value is -5.86. The molecule has 6 rings (SSSR count). The number of aromatic amines is 1. The molecule has 4 atom stereocenters. The number of carbonyl (C=O) groups is 2. The second kappa shape index (κ2) is 18.4. The molecule has 0 aliphatic carbocycles. The van der Waals surface area contributed by atoms with E-state index >= 15 is 0 Å². The first-order valence-electron chi connectivity index (χ1n) is 18.4. The fraction of sp³-hybridized carbons (Fsp3) is 0.375. The molecule has 0 unspecified atom stereocenters. The zero-order valence-electron chi connectivity index (χ0n) is 32.4. The molecule has 0 bridgehead atoms. The van der Waals surface area contributed by atoms with Crippen molar-refractivity contribution in [3.05, 3.63) is 112 Å². The number of aromatic nitrogens is 4. The maximum atomic E-state index is 13.1. The Morgan fingerprint density at radius 2 is 1.56 bits per heavy atom. The molecule has 0 radical (unpaired) electrons. The number of hydrogen-bond acceptors (Lipinski definition) is 12. The lowest BCUT2D eigenvalue weighted by Crippen LogP contribution is -2.40. The van der Waals surface area contributed by atoms with Gasteiger partial charge in [0.1, 0.15) is 42.2 Å². The van der Waals surface area contributed by atoms with Crippen molar-refractivity contribution in [3.63, 3.8) is 0 Å². The van der Waals surface area contributed by atoms with Crippen molar-refractivity contribution in [1.29, 1.82) is 0 Å². The highest BCUT2D eigenvalue weighted by Gasteiger charge is 2.48. The highest BCUT2D eigenvalue weighted by atomic mass is 19.4. The number of benzene rings is 3. The van der Waals surface area contributed by atoms with Gasteiger partial charge in [-0.1, -0.05) is 68.4 Å². The van der Waals surface area contributed by atoms with Crippen LogP contribution in [-0.2, 0) is 34.1 Å². The van der Waals surface area contributed by atoms with Crippen molar-refractivity contribution in [2.75, 3.05) is 46.1 Å². The number of aliphatic hydroxyl groups excluding tert-OH is 1. The quantitative estimate of drug-likeness (QED) is 0.0598. The maximum absolute atomic E-state index is 13.1. The van der Waals surface area contributed by atoms with E-state index < -0.39 is 72.9 Å². The molecular formula is C40H43F3N6O10. The molecule has 16 nitrogen and oxygen atoms in total. The Kier molecular flexibility index (Phi) is 13.3. The molecule has 19 heteroatoms. The molecule has 1 fully saturated rings. The molecule has 3 heterocycles. The minimum absolute atomic E-state index is 0.0222. The molecule has 2 aromatic heterocycles. The molecule has 314 valence electrons. The van der Waals surface area contributed by atoms with Gasteiger partial charge in [-0.15, -0.1) is 0 Å². The van der Waals surface area contributed by atoms with E-state index in [-0.39, 0.29) is 30.3 Å². The number of carbonyl (C=O) groups excluding carboxylic acids is 2. The lowest BCUT2D eigenvalue weighted by Gasteiger charge is -2.37. The number of amides is 2. The number of hydrogen-bond donors (Lipinski definition) is 4. The summed E-state index contributed by atoms with van der Waals surface area (Å²) in [6.07, 6.45) is -8.90. The fourth-order valence-corrected chi connectivity index (χ4v) is 6.50. The second-order valence-corrected chi connectivity index (χ2v) is 13.7. The number of nitrogens with one attached hydrogen (secondary N) is 3. The Balaban J connectivity index is 1.34. The maximum Gasteiger partial charge on any atom is 0.471 e. The minimum atomic E-state index is -5.06. The SMILES string of the molecule is COc1ccc(C(OC[C@H]2O[C@@H](n3cnc4c(=O)[nH]c(NC(=O)C(C)C)nc43)[C@H](OCOCCNC(=O)C(F)(F)F)[C@@H]2O)(c2ccccc2)c2ccc(OC)cc2)cc1. The number of rotatable bonds is 17. The predicted molar refractivity (Wildman–Crippen MR) is 205 cm³/mol. The van der Waals surface area contributed by atoms with Crippen LogP contribution in [0.4, 0.5) is 19.1 Å². The molecule has 0 saturated carbocycles. The van der Waals surface area contributed by atoms with Gasteiger partial charge in [-0.3, -0.25) is 29.3 Å². The third-order valence-electron chi connectivity index (χ3n) is 9.56. The summed E-state index contributed by atoms with van der Waals surface area (Å²) in [6, 6.07) is 24.1. The van der Waals surface area contributed by atoms with Crippen LogP contribution in [0.25, 0.3) is 11.2 Å². The number of fused-ring (bicyclic) bond motifs is 1. The van der Waals surface area contributed by atoms with Crippen molar-refractivity contribution in [1.82, 2.24) is 24.8 Å². The standard InChI is InChI=1S/C40H43F3N6O10/c1-23(2)34(51)47-38-46-33-30(35(52)48-38)45-21-49(33)36-32(57-22-56-19-18-44-37(53)40(41,42)43)31(50)29(59-36)20-58-39(24-8-6-5-7-9-24,25-10-14-27(54-3)15-11-25)26-12-16-28(55-4)17-13-26/h5-17,21,23,29,31-32,36,50H,18-20,22H2,1-4H3,(H,44,53)(H2,46,47,48,51,52)/t29-,31-,32-,36-/m1/s1. The van der Waals surface area contributed by atoms with Crippen molar-refractivity contribution < 1.29 is 56.3 Å². The summed E-state index contributed by atoms with van der Waals surface area (Å²) in [5, 5.41) is 16.2. The number of methoxy groups -OCH3 is 2. The number of nitrogens with zero attached hydrogens (tertiary/aromatic N) is 3. The van der Waals surface area contributed by atoms with Gasteiger partial charge >= 0.3 is 12.1 Å². The average Bonchev–Trinajstić information content (AvgIpc) is 3.79. The van der Waals surface area contributed by atoms with E-state index in [4.69, 9.17) is 28.4 Å². The molecular weight excluding hydrogens is 781 g/mol. The first-order chi connectivity index (χ1) is 28.3. The third kappa shape index (κ3) is 9.39. The Labute approximate surface area is 335 Å². The van der Waals surface area contributed by atoms with Gasteiger partial charge in [0.25, 0.3) is 5.56 Å². The summed E-state index contributed by atoms with van der Waals surface area (Å²) >= 11 is 0. The van der Waals surface area contributed by atoms with Crippen LogP contribution in [0.3, 0.4) is 0 Å². The third-order valence-corrected chi connectivity index (χ3v) is 9.56. The monoisotopic (exact) mass is 824 g/mol. The van der Waals surface area contributed by atoms with E-state index in [1.54, 1.807) is 57.6 Å². The molecule has 1 saturated heterocycles. The molecule has 1 aliphatic rings. The second-order valence-electron chi connectivity index (χ2n) is 13.7. The zero-order valence-corrected chi connectivity index (χ0v) is 32.4. The number of anilines is 1. The number of halogens is 3. The van der Waals surface area contributed by atoms with E-state index in [1.807, 2.05) is 54.6 Å².